The summed E-state index contributed by atoms with van der Waals surface area (Å²) in [6.07, 6.45) is 0.254. The van der Waals surface area contributed by atoms with Crippen molar-refractivity contribution in [2.24, 2.45) is 0 Å². The zero-order valence-corrected chi connectivity index (χ0v) is 15.3. The Labute approximate surface area is 154 Å². The molecule has 1 aliphatic rings. The van der Waals surface area contributed by atoms with E-state index >= 15 is 0 Å². The molecule has 0 bridgehead atoms. The molecule has 5 nitrogen and oxygen atoms in total. The molecular formula is C17H22F3N3O2S. The van der Waals surface area contributed by atoms with Gasteiger partial charge in [-0.05, 0) is 31.9 Å². The van der Waals surface area contributed by atoms with Crippen molar-refractivity contribution in [3.8, 4) is 0 Å². The normalized spacial score (nSPS) is 16.8. The molecule has 9 heteroatoms. The standard InChI is InChI=1S/C17H22F3N3O2S/c1-2-21-15(25)16(8-4-3-5-9-16)23-13(24)11-26-14-7-6-12(10-22-14)17(18,19)20/h6-7,10H,2-5,8-9,11H2,1H3,(H,21,25)(H,23,24). The zero-order chi connectivity index (χ0) is 19.2. The lowest BCUT2D eigenvalue weighted by atomic mass is 9.80. The van der Waals surface area contributed by atoms with Crippen molar-refractivity contribution < 1.29 is 22.8 Å². The van der Waals surface area contributed by atoms with E-state index in [0.29, 0.717) is 24.4 Å². The molecule has 2 rings (SSSR count). The average Bonchev–Trinajstić information content (AvgIpc) is 2.60. The third kappa shape index (κ3) is 5.36. The Balaban J connectivity index is 1.94. The Morgan fingerprint density at radius 1 is 1.23 bits per heavy atom. The smallest absolute Gasteiger partial charge is 0.354 e. The molecule has 0 aromatic carbocycles. The Morgan fingerprint density at radius 2 is 1.92 bits per heavy atom. The summed E-state index contributed by atoms with van der Waals surface area (Å²) in [6, 6.07) is 2.17. The SMILES string of the molecule is CCNC(=O)C1(NC(=O)CSc2ccc(C(F)(F)F)cn2)CCCCC1. The van der Waals surface area contributed by atoms with Crippen LogP contribution in [-0.4, -0.2) is 34.6 Å². The number of pyridine rings is 1. The van der Waals surface area contributed by atoms with E-state index in [1.807, 2.05) is 6.92 Å². The molecule has 2 N–H and O–H groups in total. The van der Waals surface area contributed by atoms with E-state index in [1.165, 1.54) is 6.07 Å². The lowest BCUT2D eigenvalue weighted by molar-refractivity contribution is -0.137. The first-order valence-electron chi connectivity index (χ1n) is 8.52. The van der Waals surface area contributed by atoms with Crippen LogP contribution in [0.2, 0.25) is 0 Å². The topological polar surface area (TPSA) is 71.1 Å². The molecule has 0 radical (unpaired) electrons. The molecule has 2 amide bonds. The van der Waals surface area contributed by atoms with Crippen molar-refractivity contribution in [2.45, 2.75) is 55.8 Å². The predicted octanol–water partition coefficient (Wildman–Crippen LogP) is 3.15. The van der Waals surface area contributed by atoms with Crippen LogP contribution in [0.4, 0.5) is 13.2 Å². The fraction of sp³-hybridized carbons (Fsp3) is 0.588. The molecule has 1 heterocycles. The van der Waals surface area contributed by atoms with Crippen LogP contribution >= 0.6 is 11.8 Å². The first-order chi connectivity index (χ1) is 12.3. The maximum absolute atomic E-state index is 12.5. The number of likely N-dealkylation sites (N-methyl/N-ethyl adjacent to an activating group) is 1. The van der Waals surface area contributed by atoms with Gasteiger partial charge in [-0.25, -0.2) is 4.98 Å². The van der Waals surface area contributed by atoms with Crippen LogP contribution < -0.4 is 10.6 Å². The molecule has 0 unspecified atom stereocenters. The average molecular weight is 389 g/mol. The van der Waals surface area contributed by atoms with Crippen LogP contribution in [0.3, 0.4) is 0 Å². The van der Waals surface area contributed by atoms with Gasteiger partial charge in [-0.15, -0.1) is 0 Å². The lowest BCUT2D eigenvalue weighted by Gasteiger charge is -2.36. The van der Waals surface area contributed by atoms with Gasteiger partial charge in [0.2, 0.25) is 11.8 Å². The summed E-state index contributed by atoms with van der Waals surface area (Å²) >= 11 is 1.04. The van der Waals surface area contributed by atoms with Gasteiger partial charge in [0, 0.05) is 12.7 Å². The number of hydrogen-bond acceptors (Lipinski definition) is 4. The van der Waals surface area contributed by atoms with Crippen molar-refractivity contribution >= 4 is 23.6 Å². The quantitative estimate of drug-likeness (QED) is 0.734. The molecule has 1 aliphatic carbocycles. The first kappa shape index (κ1) is 20.5. The number of aromatic nitrogens is 1. The van der Waals surface area contributed by atoms with Crippen LogP contribution in [0.25, 0.3) is 0 Å². The van der Waals surface area contributed by atoms with Gasteiger partial charge >= 0.3 is 6.18 Å². The first-order valence-corrected chi connectivity index (χ1v) is 9.51. The van der Waals surface area contributed by atoms with E-state index in [2.05, 4.69) is 15.6 Å². The highest BCUT2D eigenvalue weighted by Gasteiger charge is 2.40. The van der Waals surface area contributed by atoms with E-state index in [-0.39, 0.29) is 17.6 Å². The Bertz CT molecular complexity index is 629. The van der Waals surface area contributed by atoms with Crippen LogP contribution in [-0.2, 0) is 15.8 Å². The molecule has 1 aromatic heterocycles. The third-order valence-electron chi connectivity index (χ3n) is 4.27. The Morgan fingerprint density at radius 3 is 2.46 bits per heavy atom. The highest BCUT2D eigenvalue weighted by Crippen LogP contribution is 2.30. The molecular weight excluding hydrogens is 367 g/mol. The minimum absolute atomic E-state index is 0.0144. The maximum Gasteiger partial charge on any atom is 0.417 e. The van der Waals surface area contributed by atoms with E-state index in [0.717, 1.165) is 43.3 Å². The van der Waals surface area contributed by atoms with Gasteiger partial charge < -0.3 is 10.6 Å². The summed E-state index contributed by atoms with van der Waals surface area (Å²) in [5.74, 6) is -0.518. The number of nitrogens with zero attached hydrogens (tertiary/aromatic N) is 1. The fourth-order valence-corrected chi connectivity index (χ4v) is 3.61. The summed E-state index contributed by atoms with van der Waals surface area (Å²) in [6.45, 7) is 2.31. The number of halogens is 3. The lowest BCUT2D eigenvalue weighted by Crippen LogP contribution is -2.60. The summed E-state index contributed by atoms with van der Waals surface area (Å²) in [5.41, 5.74) is -1.72. The minimum atomic E-state index is -4.44. The van der Waals surface area contributed by atoms with Crippen LogP contribution in [0, 0.1) is 0 Å². The van der Waals surface area contributed by atoms with Gasteiger partial charge in [-0.2, -0.15) is 13.2 Å². The zero-order valence-electron chi connectivity index (χ0n) is 14.5. The Hall–Kier alpha value is -1.77. The molecule has 1 saturated carbocycles. The highest BCUT2D eigenvalue weighted by molar-refractivity contribution is 7.99. The van der Waals surface area contributed by atoms with Gasteiger partial charge in [0.15, 0.2) is 0 Å². The van der Waals surface area contributed by atoms with Gasteiger partial charge in [0.1, 0.15) is 5.54 Å². The number of amides is 2. The second kappa shape index (κ2) is 8.75. The number of carbonyl (C=O) groups excluding carboxylic acids is 2. The van der Waals surface area contributed by atoms with Crippen LogP contribution in [0.1, 0.15) is 44.6 Å². The van der Waals surface area contributed by atoms with Crippen molar-refractivity contribution in [2.75, 3.05) is 12.3 Å². The predicted molar refractivity (Wildman–Crippen MR) is 92.6 cm³/mol. The molecule has 144 valence electrons. The molecule has 1 fully saturated rings. The number of alkyl halides is 3. The van der Waals surface area contributed by atoms with Gasteiger partial charge in [-0.1, -0.05) is 31.0 Å². The third-order valence-corrected chi connectivity index (χ3v) is 5.22. The van der Waals surface area contributed by atoms with Gasteiger partial charge in [0.25, 0.3) is 0 Å². The summed E-state index contributed by atoms with van der Waals surface area (Å²) in [7, 11) is 0. The number of rotatable bonds is 6. The monoisotopic (exact) mass is 389 g/mol. The number of nitrogens with one attached hydrogen (secondary N) is 2. The van der Waals surface area contributed by atoms with Crippen LogP contribution in [0.5, 0.6) is 0 Å². The van der Waals surface area contributed by atoms with Gasteiger partial charge in [0.05, 0.1) is 16.3 Å². The molecule has 1 aromatic rings. The molecule has 0 saturated heterocycles. The van der Waals surface area contributed by atoms with Crippen LogP contribution in [0.15, 0.2) is 23.4 Å². The fourth-order valence-electron chi connectivity index (χ4n) is 2.97. The molecule has 0 spiro atoms. The van der Waals surface area contributed by atoms with Crippen molar-refractivity contribution in [1.29, 1.82) is 0 Å². The Kier molecular flexibility index (Phi) is 6.91. The minimum Gasteiger partial charge on any atom is -0.354 e. The van der Waals surface area contributed by atoms with E-state index < -0.39 is 17.3 Å². The summed E-state index contributed by atoms with van der Waals surface area (Å²) in [5, 5.41) is 5.94. The summed E-state index contributed by atoms with van der Waals surface area (Å²) in [4.78, 5) is 28.4. The number of hydrogen-bond donors (Lipinski definition) is 2. The van der Waals surface area contributed by atoms with E-state index in [9.17, 15) is 22.8 Å². The molecule has 0 aliphatic heterocycles. The number of carbonyl (C=O) groups is 2. The van der Waals surface area contributed by atoms with Gasteiger partial charge in [-0.3, -0.25) is 9.59 Å². The second-order valence-corrected chi connectivity index (χ2v) is 7.22. The van der Waals surface area contributed by atoms with Crippen molar-refractivity contribution in [1.82, 2.24) is 15.6 Å². The number of thioether (sulfide) groups is 1. The van der Waals surface area contributed by atoms with Crippen molar-refractivity contribution in [3.05, 3.63) is 23.9 Å². The largest absolute Gasteiger partial charge is 0.417 e. The summed E-state index contributed by atoms with van der Waals surface area (Å²) < 4.78 is 37.6. The highest BCUT2D eigenvalue weighted by atomic mass is 32.2. The second-order valence-electron chi connectivity index (χ2n) is 6.22. The molecule has 0 atom stereocenters. The maximum atomic E-state index is 12.5. The molecule has 26 heavy (non-hydrogen) atoms. The van der Waals surface area contributed by atoms with E-state index in [1.54, 1.807) is 0 Å². The van der Waals surface area contributed by atoms with E-state index in [4.69, 9.17) is 0 Å². The van der Waals surface area contributed by atoms with Crippen molar-refractivity contribution in [3.63, 3.8) is 0 Å².